The number of thiophene rings is 1. The number of fused-ring (bicyclic) bond motifs is 1. The molecule has 1 amide bonds. The summed E-state index contributed by atoms with van der Waals surface area (Å²) >= 11 is 13.6. The van der Waals surface area contributed by atoms with Crippen LogP contribution in [-0.4, -0.2) is 18.1 Å². The van der Waals surface area contributed by atoms with Crippen LogP contribution in [0.1, 0.15) is 31.2 Å². The molecule has 1 N–H and O–H groups in total. The normalized spacial score (nSPS) is 11.0. The molecule has 39 heavy (non-hydrogen) atoms. The number of hydrazone groups is 1. The van der Waals surface area contributed by atoms with Gasteiger partial charge < -0.3 is 9.47 Å². The molecule has 1 aromatic heterocycles. The Bertz CT molecular complexity index is 1670. The molecule has 0 atom stereocenters. The summed E-state index contributed by atoms with van der Waals surface area (Å²) in [6, 6.07) is 28.5. The summed E-state index contributed by atoms with van der Waals surface area (Å²) < 4.78 is 12.2. The lowest BCUT2D eigenvalue weighted by atomic mass is 10.1. The van der Waals surface area contributed by atoms with Crippen LogP contribution in [0.15, 0.2) is 102 Å². The summed E-state index contributed by atoms with van der Waals surface area (Å²) in [5, 5.41) is 5.86. The third-order valence-electron chi connectivity index (χ3n) is 5.60. The Labute approximate surface area is 238 Å². The maximum absolute atomic E-state index is 12.7. The quantitative estimate of drug-likeness (QED) is 0.0888. The number of nitrogens with one attached hydrogen (secondary N) is 1. The van der Waals surface area contributed by atoms with Gasteiger partial charge in [0.25, 0.3) is 5.91 Å². The number of esters is 1. The van der Waals surface area contributed by atoms with E-state index in [1.165, 1.54) is 17.6 Å². The number of benzene rings is 4. The molecule has 0 saturated carbocycles. The fourth-order valence-electron chi connectivity index (χ4n) is 3.64. The highest BCUT2D eigenvalue weighted by molar-refractivity contribution is 7.21. The lowest BCUT2D eigenvalue weighted by molar-refractivity contribution is 0.0740. The molecule has 5 rings (SSSR count). The summed E-state index contributed by atoms with van der Waals surface area (Å²) in [7, 11) is 0. The van der Waals surface area contributed by atoms with Gasteiger partial charge in [-0.05, 0) is 65.7 Å². The zero-order valence-electron chi connectivity index (χ0n) is 20.3. The van der Waals surface area contributed by atoms with E-state index >= 15 is 0 Å². The van der Waals surface area contributed by atoms with E-state index in [1.807, 2.05) is 36.4 Å². The van der Waals surface area contributed by atoms with Crippen molar-refractivity contribution < 1.29 is 19.1 Å². The van der Waals surface area contributed by atoms with Crippen LogP contribution in [-0.2, 0) is 6.61 Å². The van der Waals surface area contributed by atoms with Gasteiger partial charge in [0.15, 0.2) is 0 Å². The van der Waals surface area contributed by atoms with Crippen LogP contribution < -0.4 is 14.9 Å². The summed E-state index contributed by atoms with van der Waals surface area (Å²) in [6.45, 7) is 0.359. The topological polar surface area (TPSA) is 77.0 Å². The maximum atomic E-state index is 12.7. The van der Waals surface area contributed by atoms with Gasteiger partial charge in [-0.1, -0.05) is 65.7 Å². The second kappa shape index (κ2) is 12.1. The first kappa shape index (κ1) is 26.4. The minimum absolute atomic E-state index is 0.334. The zero-order valence-corrected chi connectivity index (χ0v) is 22.6. The number of carbonyl (C=O) groups excluding carboxylic acids is 2. The van der Waals surface area contributed by atoms with Crippen LogP contribution in [0.5, 0.6) is 11.5 Å². The standard InChI is InChI=1S/C30H20Cl2N2O4S/c31-22-12-14-23(15-13-22)37-18-19-8-10-21(11-9-19)29(35)34-33-17-20-4-3-5-24(16-20)38-30(36)28-27(32)25-6-1-2-7-26(25)39-28/h1-17H,18H2,(H,34,35). The van der Waals surface area contributed by atoms with Gasteiger partial charge >= 0.3 is 5.97 Å². The summed E-state index contributed by atoms with van der Waals surface area (Å²) in [6.07, 6.45) is 1.47. The number of hydrogen-bond acceptors (Lipinski definition) is 6. The average Bonchev–Trinajstić information content (AvgIpc) is 3.30. The van der Waals surface area contributed by atoms with E-state index in [2.05, 4.69) is 10.5 Å². The number of amides is 1. The molecule has 0 aliphatic heterocycles. The second-order valence-corrected chi connectivity index (χ2v) is 10.2. The molecule has 0 saturated heterocycles. The van der Waals surface area contributed by atoms with E-state index in [4.69, 9.17) is 32.7 Å². The molecule has 0 unspecified atom stereocenters. The van der Waals surface area contributed by atoms with E-state index in [-0.39, 0.29) is 5.91 Å². The molecule has 0 radical (unpaired) electrons. The Morgan fingerprint density at radius 3 is 2.41 bits per heavy atom. The van der Waals surface area contributed by atoms with Gasteiger partial charge in [0.2, 0.25) is 0 Å². The van der Waals surface area contributed by atoms with Crippen molar-refractivity contribution in [1.29, 1.82) is 0 Å². The minimum Gasteiger partial charge on any atom is -0.489 e. The van der Waals surface area contributed by atoms with Gasteiger partial charge in [-0.3, -0.25) is 4.79 Å². The van der Waals surface area contributed by atoms with Crippen molar-refractivity contribution in [3.05, 3.63) is 129 Å². The first-order chi connectivity index (χ1) is 19.0. The molecule has 6 nitrogen and oxygen atoms in total. The summed E-state index contributed by atoms with van der Waals surface area (Å²) in [4.78, 5) is 25.5. The van der Waals surface area contributed by atoms with Crippen LogP contribution in [0.2, 0.25) is 10.0 Å². The molecule has 194 valence electrons. The number of rotatable bonds is 8. The van der Waals surface area contributed by atoms with Gasteiger partial charge in [0.1, 0.15) is 23.0 Å². The van der Waals surface area contributed by atoms with Crippen molar-refractivity contribution in [3.8, 4) is 11.5 Å². The number of ether oxygens (including phenoxy) is 2. The summed E-state index contributed by atoms with van der Waals surface area (Å²) in [5.41, 5.74) is 4.50. The molecule has 0 bridgehead atoms. The maximum Gasteiger partial charge on any atom is 0.355 e. The smallest absolute Gasteiger partial charge is 0.355 e. The minimum atomic E-state index is -0.536. The van der Waals surface area contributed by atoms with E-state index in [0.29, 0.717) is 44.2 Å². The fourth-order valence-corrected chi connectivity index (χ4v) is 5.15. The van der Waals surface area contributed by atoms with Crippen LogP contribution in [0.4, 0.5) is 0 Å². The van der Waals surface area contributed by atoms with Crippen LogP contribution in [0.25, 0.3) is 10.1 Å². The molecule has 0 aliphatic carbocycles. The number of hydrogen-bond donors (Lipinski definition) is 1. The molecule has 9 heteroatoms. The second-order valence-electron chi connectivity index (χ2n) is 8.34. The Balaban J connectivity index is 1.15. The van der Waals surface area contributed by atoms with Crippen molar-refractivity contribution >= 4 is 62.7 Å². The fraction of sp³-hybridized carbons (Fsp3) is 0.0333. The largest absolute Gasteiger partial charge is 0.489 e. The van der Waals surface area contributed by atoms with Gasteiger partial charge in [-0.15, -0.1) is 11.3 Å². The third-order valence-corrected chi connectivity index (χ3v) is 7.51. The van der Waals surface area contributed by atoms with Gasteiger partial charge in [0.05, 0.1) is 11.2 Å². The number of nitrogens with zero attached hydrogens (tertiary/aromatic N) is 1. The van der Waals surface area contributed by atoms with Crippen LogP contribution in [0.3, 0.4) is 0 Å². The lowest BCUT2D eigenvalue weighted by Gasteiger charge is -2.07. The highest BCUT2D eigenvalue weighted by Crippen LogP contribution is 2.35. The van der Waals surface area contributed by atoms with Crippen molar-refractivity contribution in [2.45, 2.75) is 6.61 Å². The van der Waals surface area contributed by atoms with Crippen LogP contribution in [0, 0.1) is 0 Å². The van der Waals surface area contributed by atoms with Crippen molar-refractivity contribution in [2.75, 3.05) is 0 Å². The van der Waals surface area contributed by atoms with E-state index in [9.17, 15) is 9.59 Å². The molecular weight excluding hydrogens is 555 g/mol. The Kier molecular flexibility index (Phi) is 8.22. The first-order valence-corrected chi connectivity index (χ1v) is 13.3. The van der Waals surface area contributed by atoms with Crippen molar-refractivity contribution in [3.63, 3.8) is 0 Å². The van der Waals surface area contributed by atoms with Gasteiger partial charge in [0, 0.05) is 20.7 Å². The predicted molar refractivity (Wildman–Crippen MR) is 156 cm³/mol. The van der Waals surface area contributed by atoms with Gasteiger partial charge in [-0.25, -0.2) is 10.2 Å². The Morgan fingerprint density at radius 2 is 1.64 bits per heavy atom. The number of halogens is 2. The van der Waals surface area contributed by atoms with Gasteiger partial charge in [-0.2, -0.15) is 5.10 Å². The Morgan fingerprint density at radius 1 is 0.872 bits per heavy atom. The lowest BCUT2D eigenvalue weighted by Crippen LogP contribution is -2.17. The monoisotopic (exact) mass is 574 g/mol. The first-order valence-electron chi connectivity index (χ1n) is 11.8. The SMILES string of the molecule is O=C(NN=Cc1cccc(OC(=O)c2sc3ccccc3c2Cl)c1)c1ccc(COc2ccc(Cl)cc2)cc1. The molecule has 5 aromatic rings. The Hall–Kier alpha value is -4.17. The van der Waals surface area contributed by atoms with E-state index in [1.54, 1.807) is 60.7 Å². The van der Waals surface area contributed by atoms with E-state index in [0.717, 1.165) is 15.6 Å². The number of carbonyl (C=O) groups is 2. The average molecular weight is 575 g/mol. The highest BCUT2D eigenvalue weighted by atomic mass is 35.5. The molecule has 4 aromatic carbocycles. The molecule has 1 heterocycles. The summed E-state index contributed by atoms with van der Waals surface area (Å²) in [5.74, 6) is 0.141. The highest BCUT2D eigenvalue weighted by Gasteiger charge is 2.19. The molecular formula is C30H20Cl2N2O4S. The van der Waals surface area contributed by atoms with E-state index < -0.39 is 5.97 Å². The molecule has 0 spiro atoms. The van der Waals surface area contributed by atoms with Crippen molar-refractivity contribution in [2.24, 2.45) is 5.10 Å². The zero-order chi connectivity index (χ0) is 27.2. The van der Waals surface area contributed by atoms with Crippen molar-refractivity contribution in [1.82, 2.24) is 5.43 Å². The molecule has 0 aliphatic rings. The third kappa shape index (κ3) is 6.64. The van der Waals surface area contributed by atoms with Crippen LogP contribution >= 0.6 is 34.5 Å². The predicted octanol–water partition coefficient (Wildman–Crippen LogP) is 7.77. The molecule has 0 fully saturated rings.